The molecular formula is C47H48Cl2N6O8. The minimum atomic E-state index is -0.654. The van der Waals surface area contributed by atoms with E-state index in [0.29, 0.717) is 47.0 Å². The van der Waals surface area contributed by atoms with E-state index in [1.54, 1.807) is 12.1 Å². The standard InChI is InChI=1S/C47H46N6O8.2ClH/c1-30-10-3-12-32-26-34-14-5-16-38(43(34)50-41(30)32)45(55)48-20-7-22-52(47(57)61-29-36-18-19-37(53(58)59)28-40(36)60-25-9-24-54)23-8-21-49-46(56)39-17-6-15-35-27-33-13-4-11-31(2)42(33)51-44(35)39;;/h3-6,10-19,26-28,54H,7-9,20-25,29H2,1-2H3,(H,48,55)(H,49,56);2*1H. The van der Waals surface area contributed by atoms with Crippen molar-refractivity contribution < 1.29 is 33.9 Å². The third kappa shape index (κ3) is 11.3. The number of para-hydroxylation sites is 4. The molecule has 7 rings (SSSR count). The number of pyridine rings is 2. The van der Waals surface area contributed by atoms with Crippen LogP contribution in [-0.2, 0) is 11.3 Å². The molecule has 2 aromatic heterocycles. The number of halogens is 2. The first kappa shape index (κ1) is 47.4. The molecule has 3 amide bonds. The minimum Gasteiger partial charge on any atom is -0.493 e. The van der Waals surface area contributed by atoms with Crippen molar-refractivity contribution in [1.29, 1.82) is 0 Å². The molecule has 3 N–H and O–H groups in total. The maximum atomic E-state index is 13.7. The number of aryl methyl sites for hydroxylation is 2. The summed E-state index contributed by atoms with van der Waals surface area (Å²) in [5.74, 6) is -0.411. The van der Waals surface area contributed by atoms with Crippen molar-refractivity contribution >= 4 is 92.0 Å². The van der Waals surface area contributed by atoms with Gasteiger partial charge in [-0.25, -0.2) is 14.8 Å². The fraction of sp³-hybridized carbons (Fsp3) is 0.255. The molecule has 7 aromatic rings. The van der Waals surface area contributed by atoms with Gasteiger partial charge in [0.1, 0.15) is 12.4 Å². The summed E-state index contributed by atoms with van der Waals surface area (Å²) < 4.78 is 11.4. The molecule has 0 radical (unpaired) electrons. The molecule has 0 atom stereocenters. The van der Waals surface area contributed by atoms with Crippen LogP contribution >= 0.6 is 24.8 Å². The smallest absolute Gasteiger partial charge is 0.410 e. The number of fused-ring (bicyclic) bond motifs is 4. The van der Waals surface area contributed by atoms with Gasteiger partial charge < -0.3 is 30.1 Å². The van der Waals surface area contributed by atoms with Crippen molar-refractivity contribution in [2.45, 2.75) is 39.7 Å². The van der Waals surface area contributed by atoms with Gasteiger partial charge in [0.2, 0.25) is 0 Å². The second-order valence-electron chi connectivity index (χ2n) is 14.8. The van der Waals surface area contributed by atoms with Gasteiger partial charge in [0, 0.05) is 72.4 Å². The molecule has 0 bridgehead atoms. The third-order valence-electron chi connectivity index (χ3n) is 10.4. The Hall–Kier alpha value is -6.61. The van der Waals surface area contributed by atoms with Crippen molar-refractivity contribution in [2.24, 2.45) is 0 Å². The topological polar surface area (TPSA) is 186 Å². The number of benzene rings is 5. The van der Waals surface area contributed by atoms with E-state index in [0.717, 1.165) is 43.7 Å². The van der Waals surface area contributed by atoms with E-state index < -0.39 is 11.0 Å². The number of nitrogens with one attached hydrogen (secondary N) is 2. The highest BCUT2D eigenvalue weighted by atomic mass is 35.5. The molecule has 0 spiro atoms. The number of hydrogen-bond donors (Lipinski definition) is 3. The Kier molecular flexibility index (Phi) is 16.5. The quantitative estimate of drug-likeness (QED) is 0.0345. The summed E-state index contributed by atoms with van der Waals surface area (Å²) in [6.07, 6.45) is 0.424. The van der Waals surface area contributed by atoms with E-state index in [-0.39, 0.29) is 94.1 Å². The van der Waals surface area contributed by atoms with Crippen LogP contribution in [0.1, 0.15) is 56.7 Å². The molecule has 63 heavy (non-hydrogen) atoms. The fourth-order valence-corrected chi connectivity index (χ4v) is 7.25. The van der Waals surface area contributed by atoms with Crippen molar-refractivity contribution in [3.63, 3.8) is 0 Å². The number of nitro groups is 1. The van der Waals surface area contributed by atoms with Crippen LogP contribution in [0.2, 0.25) is 0 Å². The van der Waals surface area contributed by atoms with Crippen LogP contribution in [0.4, 0.5) is 10.5 Å². The van der Waals surface area contributed by atoms with Crippen LogP contribution in [0, 0.1) is 24.0 Å². The molecule has 2 heterocycles. The monoisotopic (exact) mass is 894 g/mol. The van der Waals surface area contributed by atoms with Crippen molar-refractivity contribution in [2.75, 3.05) is 39.4 Å². The molecule has 0 aliphatic heterocycles. The molecule has 0 fully saturated rings. The normalized spacial score (nSPS) is 10.8. The highest BCUT2D eigenvalue weighted by molar-refractivity contribution is 6.09. The summed E-state index contributed by atoms with van der Waals surface area (Å²) in [6.45, 7) is 4.63. The number of aliphatic hydroxyl groups excluding tert-OH is 1. The molecule has 328 valence electrons. The van der Waals surface area contributed by atoms with Gasteiger partial charge in [0.05, 0.1) is 50.8 Å². The first-order valence-corrected chi connectivity index (χ1v) is 20.2. The van der Waals surface area contributed by atoms with Crippen molar-refractivity contribution in [3.05, 3.63) is 141 Å². The van der Waals surface area contributed by atoms with Crippen LogP contribution in [0.3, 0.4) is 0 Å². The van der Waals surface area contributed by atoms with Gasteiger partial charge in [-0.1, -0.05) is 60.7 Å². The highest BCUT2D eigenvalue weighted by Crippen LogP contribution is 2.28. The summed E-state index contributed by atoms with van der Waals surface area (Å²) in [6, 6.07) is 31.0. The van der Waals surface area contributed by atoms with E-state index in [1.165, 1.54) is 23.1 Å². The summed E-state index contributed by atoms with van der Waals surface area (Å²) in [5, 5.41) is 30.3. The predicted molar refractivity (Wildman–Crippen MR) is 248 cm³/mol. The molecule has 14 nitrogen and oxygen atoms in total. The molecular weight excluding hydrogens is 847 g/mol. The summed E-state index contributed by atoms with van der Waals surface area (Å²) in [5.41, 5.74) is 5.99. The molecule has 5 aromatic carbocycles. The second kappa shape index (κ2) is 22.0. The first-order chi connectivity index (χ1) is 29.6. The lowest BCUT2D eigenvalue weighted by Crippen LogP contribution is -2.37. The lowest BCUT2D eigenvalue weighted by atomic mass is 10.0. The van der Waals surface area contributed by atoms with E-state index >= 15 is 0 Å². The summed E-state index contributed by atoms with van der Waals surface area (Å²) >= 11 is 0. The predicted octanol–water partition coefficient (Wildman–Crippen LogP) is 8.80. The number of aromatic nitrogens is 2. The molecule has 16 heteroatoms. The summed E-state index contributed by atoms with van der Waals surface area (Å²) in [4.78, 5) is 62.7. The third-order valence-corrected chi connectivity index (χ3v) is 10.4. The zero-order valence-electron chi connectivity index (χ0n) is 34.8. The van der Waals surface area contributed by atoms with Gasteiger partial charge in [-0.15, -0.1) is 24.8 Å². The first-order valence-electron chi connectivity index (χ1n) is 20.2. The zero-order valence-corrected chi connectivity index (χ0v) is 36.4. The fourth-order valence-electron chi connectivity index (χ4n) is 7.25. The van der Waals surface area contributed by atoms with Crippen molar-refractivity contribution in [1.82, 2.24) is 25.5 Å². The highest BCUT2D eigenvalue weighted by Gasteiger charge is 2.20. The number of amides is 3. The van der Waals surface area contributed by atoms with Gasteiger partial charge >= 0.3 is 6.09 Å². The van der Waals surface area contributed by atoms with Gasteiger partial charge in [-0.2, -0.15) is 0 Å². The molecule has 0 aliphatic rings. The van der Waals surface area contributed by atoms with E-state index in [1.807, 2.05) is 86.6 Å². The van der Waals surface area contributed by atoms with Crippen LogP contribution in [-0.4, -0.2) is 82.2 Å². The Morgan fingerprint density at radius 1 is 0.683 bits per heavy atom. The number of non-ortho nitro benzene ring substituents is 1. The maximum Gasteiger partial charge on any atom is 0.410 e. The Morgan fingerprint density at radius 3 is 1.67 bits per heavy atom. The lowest BCUT2D eigenvalue weighted by Gasteiger charge is -2.23. The van der Waals surface area contributed by atoms with Crippen LogP contribution in [0.15, 0.2) is 103 Å². The molecule has 0 unspecified atom stereocenters. The number of ether oxygens (including phenoxy) is 2. The molecule has 0 saturated heterocycles. The van der Waals surface area contributed by atoms with Gasteiger partial charge in [0.15, 0.2) is 0 Å². The number of hydrogen-bond acceptors (Lipinski definition) is 10. The Labute approximate surface area is 376 Å². The number of carbonyl (C=O) groups is 3. The number of rotatable bonds is 17. The van der Waals surface area contributed by atoms with E-state index in [4.69, 9.17) is 19.4 Å². The number of nitro benzene ring substituents is 1. The Morgan fingerprint density at radius 2 is 1.17 bits per heavy atom. The SMILES string of the molecule is Cc1cccc2cc3cccc(C(=O)NCCCN(CCCNC(=O)c4cccc5cc6cccc(C)c6nc45)C(=O)OCc4ccc([N+](=O)[O-])cc4OCCCO)c3nc12.Cl.Cl. The average molecular weight is 896 g/mol. The molecule has 0 aliphatic carbocycles. The number of aliphatic hydroxyl groups is 1. The van der Waals surface area contributed by atoms with Crippen LogP contribution < -0.4 is 15.4 Å². The second-order valence-corrected chi connectivity index (χ2v) is 14.8. The van der Waals surface area contributed by atoms with Gasteiger partial charge in [-0.05, 0) is 68.1 Å². The van der Waals surface area contributed by atoms with Crippen molar-refractivity contribution in [3.8, 4) is 5.75 Å². The van der Waals surface area contributed by atoms with Gasteiger partial charge in [-0.3, -0.25) is 19.7 Å². The summed E-state index contributed by atoms with van der Waals surface area (Å²) in [7, 11) is 0. The molecule has 0 saturated carbocycles. The van der Waals surface area contributed by atoms with Gasteiger partial charge in [0.25, 0.3) is 17.5 Å². The zero-order chi connectivity index (χ0) is 42.9. The maximum absolute atomic E-state index is 13.7. The lowest BCUT2D eigenvalue weighted by molar-refractivity contribution is -0.385. The van der Waals surface area contributed by atoms with Crippen LogP contribution in [0.5, 0.6) is 5.75 Å². The largest absolute Gasteiger partial charge is 0.493 e. The number of carbonyl (C=O) groups excluding carboxylic acids is 3. The minimum absolute atomic E-state index is 0. The van der Waals surface area contributed by atoms with Crippen LogP contribution in [0.25, 0.3) is 43.6 Å². The average Bonchev–Trinajstić information content (AvgIpc) is 3.26. The Bertz CT molecular complexity index is 2640. The van der Waals surface area contributed by atoms with E-state index in [2.05, 4.69) is 10.6 Å². The van der Waals surface area contributed by atoms with E-state index in [9.17, 15) is 29.6 Å². The Balaban J connectivity index is 0.00000374. The number of nitrogens with zero attached hydrogens (tertiary/aromatic N) is 4.